The first-order valence-electron chi connectivity index (χ1n) is 8.85. The van der Waals surface area contributed by atoms with Gasteiger partial charge in [-0.2, -0.15) is 9.78 Å². The second-order valence-electron chi connectivity index (χ2n) is 6.66. The summed E-state index contributed by atoms with van der Waals surface area (Å²) in [5.74, 6) is 0.914. The lowest BCUT2D eigenvalue weighted by Gasteiger charge is -2.35. The fraction of sp³-hybridized carbons (Fsp3) is 0.353. The Bertz CT molecular complexity index is 1170. The Morgan fingerprint density at radius 3 is 2.78 bits per heavy atom. The average Bonchev–Trinajstić information content (AvgIpc) is 3.23. The summed E-state index contributed by atoms with van der Waals surface area (Å²) in [5.41, 5.74) is 1.39. The fourth-order valence-electron chi connectivity index (χ4n) is 3.55. The van der Waals surface area contributed by atoms with Gasteiger partial charge < -0.3 is 4.90 Å². The van der Waals surface area contributed by atoms with E-state index in [1.54, 1.807) is 21.6 Å². The maximum atomic E-state index is 12.4. The molecule has 1 aliphatic heterocycles. The molecule has 27 heavy (non-hydrogen) atoms. The largest absolute Gasteiger partial charge is 0.353 e. The highest BCUT2D eigenvalue weighted by Crippen LogP contribution is 2.23. The summed E-state index contributed by atoms with van der Waals surface area (Å²) in [6.07, 6.45) is 5.14. The molecule has 5 rings (SSSR count). The third-order valence-electron chi connectivity index (χ3n) is 5.00. The molecule has 1 aliphatic rings. The van der Waals surface area contributed by atoms with E-state index in [1.165, 1.54) is 4.68 Å². The first kappa shape index (κ1) is 15.9. The van der Waals surface area contributed by atoms with Crippen molar-refractivity contribution in [3.05, 3.63) is 47.4 Å². The fourth-order valence-corrected chi connectivity index (χ4v) is 3.55. The molecule has 0 amide bonds. The lowest BCUT2D eigenvalue weighted by molar-refractivity contribution is 0.193. The van der Waals surface area contributed by atoms with Crippen LogP contribution in [0.3, 0.4) is 0 Å². The van der Waals surface area contributed by atoms with Gasteiger partial charge in [-0.3, -0.25) is 14.0 Å². The quantitative estimate of drug-likeness (QED) is 0.503. The van der Waals surface area contributed by atoms with Gasteiger partial charge in [0.05, 0.1) is 18.3 Å². The third kappa shape index (κ3) is 2.65. The van der Waals surface area contributed by atoms with E-state index in [0.29, 0.717) is 12.3 Å². The summed E-state index contributed by atoms with van der Waals surface area (Å²) in [6.45, 7) is 3.78. The maximum absolute atomic E-state index is 12.4. The molecule has 0 N–H and O–H groups in total. The molecule has 1 saturated heterocycles. The molecule has 0 atom stereocenters. The minimum Gasteiger partial charge on any atom is -0.353 e. The third-order valence-corrected chi connectivity index (χ3v) is 5.00. The molecular formula is C17H19N9O. The van der Waals surface area contributed by atoms with Gasteiger partial charge in [-0.25, -0.2) is 14.8 Å². The Balaban J connectivity index is 1.32. The van der Waals surface area contributed by atoms with Gasteiger partial charge in [0.15, 0.2) is 11.3 Å². The van der Waals surface area contributed by atoms with Crippen molar-refractivity contribution in [3.8, 4) is 0 Å². The maximum Gasteiger partial charge on any atom is 0.351 e. The van der Waals surface area contributed by atoms with Crippen LogP contribution in [-0.2, 0) is 13.7 Å². The number of aromatic nitrogens is 7. The number of pyridine rings is 1. The van der Waals surface area contributed by atoms with Crippen molar-refractivity contribution >= 4 is 22.5 Å². The smallest absolute Gasteiger partial charge is 0.351 e. The zero-order valence-electron chi connectivity index (χ0n) is 14.9. The summed E-state index contributed by atoms with van der Waals surface area (Å²) in [4.78, 5) is 25.7. The Kier molecular flexibility index (Phi) is 3.64. The number of piperazine rings is 1. The summed E-state index contributed by atoms with van der Waals surface area (Å²) >= 11 is 0. The zero-order valence-corrected chi connectivity index (χ0v) is 14.9. The molecule has 138 valence electrons. The first-order chi connectivity index (χ1) is 13.2. The van der Waals surface area contributed by atoms with E-state index in [4.69, 9.17) is 0 Å². The van der Waals surface area contributed by atoms with Crippen LogP contribution in [0.15, 0.2) is 41.7 Å². The van der Waals surface area contributed by atoms with Crippen molar-refractivity contribution in [3.63, 3.8) is 0 Å². The summed E-state index contributed by atoms with van der Waals surface area (Å²) in [6, 6.07) is 5.55. The first-order valence-corrected chi connectivity index (χ1v) is 8.85. The van der Waals surface area contributed by atoms with Crippen LogP contribution in [-0.4, -0.2) is 65.0 Å². The van der Waals surface area contributed by atoms with Crippen molar-refractivity contribution in [2.75, 3.05) is 31.1 Å². The number of hydrogen-bond donors (Lipinski definition) is 0. The number of rotatable bonds is 3. The van der Waals surface area contributed by atoms with Crippen LogP contribution in [0.1, 0.15) is 0 Å². The van der Waals surface area contributed by atoms with E-state index in [9.17, 15) is 4.79 Å². The highest BCUT2D eigenvalue weighted by atomic mass is 16.2. The van der Waals surface area contributed by atoms with Gasteiger partial charge in [0, 0.05) is 39.4 Å². The minimum atomic E-state index is -0.110. The highest BCUT2D eigenvalue weighted by Gasteiger charge is 2.22. The summed E-state index contributed by atoms with van der Waals surface area (Å²) in [5, 5.41) is 9.65. The second-order valence-corrected chi connectivity index (χ2v) is 6.66. The van der Waals surface area contributed by atoms with E-state index in [0.717, 1.165) is 43.0 Å². The number of aryl methyl sites for hydroxylation is 1. The number of hydrogen-bond acceptors (Lipinski definition) is 7. The predicted molar refractivity (Wildman–Crippen MR) is 99.5 cm³/mol. The van der Waals surface area contributed by atoms with Crippen LogP contribution >= 0.6 is 0 Å². The van der Waals surface area contributed by atoms with E-state index in [-0.39, 0.29) is 5.69 Å². The molecule has 0 aromatic carbocycles. The zero-order chi connectivity index (χ0) is 18.4. The molecule has 0 spiro atoms. The normalized spacial score (nSPS) is 15.8. The van der Waals surface area contributed by atoms with Gasteiger partial charge >= 0.3 is 5.69 Å². The Labute approximate surface area is 154 Å². The highest BCUT2D eigenvalue weighted by molar-refractivity contribution is 5.86. The lowest BCUT2D eigenvalue weighted by Crippen LogP contribution is -2.48. The topological polar surface area (TPSA) is 89.4 Å². The van der Waals surface area contributed by atoms with Gasteiger partial charge in [0.1, 0.15) is 12.1 Å². The van der Waals surface area contributed by atoms with Crippen LogP contribution < -0.4 is 10.6 Å². The van der Waals surface area contributed by atoms with E-state index in [2.05, 4.69) is 30.0 Å². The van der Waals surface area contributed by atoms with Crippen LogP contribution in [0.4, 0.5) is 5.82 Å². The van der Waals surface area contributed by atoms with Crippen LogP contribution in [0.2, 0.25) is 0 Å². The minimum absolute atomic E-state index is 0.110. The second kappa shape index (κ2) is 6.16. The lowest BCUT2D eigenvalue weighted by atomic mass is 10.3. The van der Waals surface area contributed by atoms with Crippen molar-refractivity contribution in [1.29, 1.82) is 0 Å². The van der Waals surface area contributed by atoms with Gasteiger partial charge in [0.25, 0.3) is 0 Å². The van der Waals surface area contributed by atoms with Gasteiger partial charge in [-0.05, 0) is 12.1 Å². The molecule has 0 radical (unpaired) electrons. The molecule has 0 saturated carbocycles. The van der Waals surface area contributed by atoms with E-state index >= 15 is 0 Å². The van der Waals surface area contributed by atoms with Crippen LogP contribution in [0, 0.1) is 0 Å². The van der Waals surface area contributed by atoms with Crippen molar-refractivity contribution in [2.24, 2.45) is 7.05 Å². The van der Waals surface area contributed by atoms with Crippen molar-refractivity contribution in [1.82, 2.24) is 38.8 Å². The molecule has 0 aliphatic carbocycles. The monoisotopic (exact) mass is 365 g/mol. The summed E-state index contributed by atoms with van der Waals surface area (Å²) < 4.78 is 4.85. The standard InChI is InChI=1S/C17H19N9O/c1-22-15-13(10-20-22)16(19-11-18-15)24-8-6-23(7-9-24)12-26-17(27)25-5-3-2-4-14(25)21-26/h2-5,10-11H,6-9,12H2,1H3. The Morgan fingerprint density at radius 1 is 1.11 bits per heavy atom. The average molecular weight is 365 g/mol. The van der Waals surface area contributed by atoms with E-state index < -0.39 is 0 Å². The van der Waals surface area contributed by atoms with Gasteiger partial charge in [-0.1, -0.05) is 6.07 Å². The predicted octanol–water partition coefficient (Wildman–Crippen LogP) is -0.0476. The van der Waals surface area contributed by atoms with E-state index in [1.807, 2.05) is 31.4 Å². The van der Waals surface area contributed by atoms with Crippen LogP contribution in [0.5, 0.6) is 0 Å². The van der Waals surface area contributed by atoms with Gasteiger partial charge in [-0.15, -0.1) is 5.10 Å². The van der Waals surface area contributed by atoms with Crippen molar-refractivity contribution < 1.29 is 0 Å². The number of fused-ring (bicyclic) bond motifs is 2. The van der Waals surface area contributed by atoms with Gasteiger partial charge in [0.2, 0.25) is 0 Å². The molecule has 0 bridgehead atoms. The number of nitrogens with zero attached hydrogens (tertiary/aromatic N) is 9. The molecule has 10 nitrogen and oxygen atoms in total. The number of anilines is 1. The molecule has 4 aromatic heterocycles. The molecule has 0 unspecified atom stereocenters. The summed E-state index contributed by atoms with van der Waals surface area (Å²) in [7, 11) is 1.88. The Hall–Kier alpha value is -3.27. The SMILES string of the molecule is Cn1ncc2c(N3CCN(Cn4nc5ccccn5c4=O)CC3)ncnc21. The van der Waals surface area contributed by atoms with Crippen LogP contribution in [0.25, 0.3) is 16.7 Å². The molecular weight excluding hydrogens is 346 g/mol. The van der Waals surface area contributed by atoms with Crippen molar-refractivity contribution in [2.45, 2.75) is 6.67 Å². The molecule has 4 aromatic rings. The molecule has 10 heteroatoms. The molecule has 1 fully saturated rings. The molecule has 5 heterocycles. The Morgan fingerprint density at radius 2 is 1.96 bits per heavy atom.